The van der Waals surface area contributed by atoms with Gasteiger partial charge in [0.15, 0.2) is 0 Å². The molecule has 1 unspecified atom stereocenters. The van der Waals surface area contributed by atoms with E-state index in [1.165, 1.54) is 10.9 Å². The summed E-state index contributed by atoms with van der Waals surface area (Å²) >= 11 is 5.19. The molecule has 0 bridgehead atoms. The molecule has 0 radical (unpaired) electrons. The second kappa shape index (κ2) is 6.45. The van der Waals surface area contributed by atoms with Gasteiger partial charge in [0.25, 0.3) is 0 Å². The molecular weight excluding hydrogens is 313 g/mol. The number of likely N-dealkylation sites (N-methyl/N-ethyl adjacent to an activating group) is 1. The Bertz CT molecular complexity index is 512. The highest BCUT2D eigenvalue weighted by Crippen LogP contribution is 2.27. The number of nitrogens with one attached hydrogen (secondary N) is 1. The highest BCUT2D eigenvalue weighted by atomic mass is 79.9. The fourth-order valence-electron chi connectivity index (χ4n) is 1.94. The standard InChI is InChI=1S/C14H15BrFNS/c1-2-17-13(9-12-6-7-14(15)18-12)10-4-3-5-11(16)8-10/h3-8,13,17H,2,9H2,1H3. The first-order valence-corrected chi connectivity index (χ1v) is 7.53. The predicted molar refractivity (Wildman–Crippen MR) is 78.5 cm³/mol. The Hall–Kier alpha value is -0.710. The van der Waals surface area contributed by atoms with Crippen molar-refractivity contribution in [2.24, 2.45) is 0 Å². The first kappa shape index (κ1) is 13.7. The van der Waals surface area contributed by atoms with E-state index in [4.69, 9.17) is 0 Å². The third-order valence-corrected chi connectivity index (χ3v) is 4.38. The number of hydrogen-bond acceptors (Lipinski definition) is 2. The summed E-state index contributed by atoms with van der Waals surface area (Å²) < 4.78 is 14.4. The quantitative estimate of drug-likeness (QED) is 0.849. The molecule has 2 rings (SSSR count). The van der Waals surface area contributed by atoms with E-state index in [1.807, 2.05) is 6.07 Å². The molecule has 2 aromatic rings. The maximum absolute atomic E-state index is 13.3. The van der Waals surface area contributed by atoms with Gasteiger partial charge in [-0.2, -0.15) is 0 Å². The molecule has 1 nitrogen and oxygen atoms in total. The topological polar surface area (TPSA) is 12.0 Å². The normalized spacial score (nSPS) is 12.6. The molecule has 0 saturated heterocycles. The molecule has 4 heteroatoms. The van der Waals surface area contributed by atoms with Crippen molar-refractivity contribution in [3.63, 3.8) is 0 Å². The molecule has 0 spiro atoms. The Balaban J connectivity index is 2.17. The fraction of sp³-hybridized carbons (Fsp3) is 0.286. The Morgan fingerprint density at radius 2 is 2.17 bits per heavy atom. The monoisotopic (exact) mass is 327 g/mol. The van der Waals surface area contributed by atoms with Crippen molar-refractivity contribution in [2.75, 3.05) is 6.54 Å². The molecule has 1 heterocycles. The van der Waals surface area contributed by atoms with Gasteiger partial charge in [-0.05, 0) is 52.3 Å². The van der Waals surface area contributed by atoms with E-state index >= 15 is 0 Å². The van der Waals surface area contributed by atoms with Crippen LogP contribution in [0.2, 0.25) is 0 Å². The van der Waals surface area contributed by atoms with E-state index in [2.05, 4.69) is 40.3 Å². The summed E-state index contributed by atoms with van der Waals surface area (Å²) in [6, 6.07) is 11.1. The van der Waals surface area contributed by atoms with Crippen LogP contribution in [0.25, 0.3) is 0 Å². The molecule has 1 atom stereocenters. The summed E-state index contributed by atoms with van der Waals surface area (Å²) in [5.41, 5.74) is 1.00. The second-order valence-electron chi connectivity index (χ2n) is 4.08. The van der Waals surface area contributed by atoms with Crippen molar-refractivity contribution in [3.8, 4) is 0 Å². The van der Waals surface area contributed by atoms with Gasteiger partial charge in [0.05, 0.1) is 3.79 Å². The minimum absolute atomic E-state index is 0.163. The maximum Gasteiger partial charge on any atom is 0.123 e. The van der Waals surface area contributed by atoms with Gasteiger partial charge in [0, 0.05) is 17.3 Å². The third kappa shape index (κ3) is 3.64. The van der Waals surface area contributed by atoms with E-state index < -0.39 is 0 Å². The van der Waals surface area contributed by atoms with Gasteiger partial charge in [0.2, 0.25) is 0 Å². The molecule has 18 heavy (non-hydrogen) atoms. The largest absolute Gasteiger partial charge is 0.310 e. The molecule has 1 aromatic heterocycles. The molecule has 0 aliphatic carbocycles. The van der Waals surface area contributed by atoms with Crippen molar-refractivity contribution in [2.45, 2.75) is 19.4 Å². The van der Waals surface area contributed by atoms with Crippen LogP contribution in [0, 0.1) is 5.82 Å². The van der Waals surface area contributed by atoms with E-state index in [0.29, 0.717) is 0 Å². The average molecular weight is 328 g/mol. The van der Waals surface area contributed by atoms with Crippen LogP contribution < -0.4 is 5.32 Å². The molecule has 1 aromatic carbocycles. The summed E-state index contributed by atoms with van der Waals surface area (Å²) in [5, 5.41) is 3.41. The van der Waals surface area contributed by atoms with Crippen LogP contribution in [-0.4, -0.2) is 6.54 Å². The molecule has 0 amide bonds. The number of hydrogen-bond donors (Lipinski definition) is 1. The maximum atomic E-state index is 13.3. The average Bonchev–Trinajstić information content (AvgIpc) is 2.74. The van der Waals surface area contributed by atoms with Crippen LogP contribution >= 0.6 is 27.3 Å². The zero-order chi connectivity index (χ0) is 13.0. The Morgan fingerprint density at radius 3 is 2.78 bits per heavy atom. The Labute approximate surface area is 119 Å². The molecule has 0 fully saturated rings. The zero-order valence-corrected chi connectivity index (χ0v) is 12.5. The van der Waals surface area contributed by atoms with E-state index in [9.17, 15) is 4.39 Å². The predicted octanol–water partition coefficient (Wildman–Crippen LogP) is 4.54. The van der Waals surface area contributed by atoms with Crippen molar-refractivity contribution in [3.05, 3.63) is 56.4 Å². The summed E-state index contributed by atoms with van der Waals surface area (Å²) in [6.07, 6.45) is 0.882. The van der Waals surface area contributed by atoms with Gasteiger partial charge in [0.1, 0.15) is 5.82 Å². The lowest BCUT2D eigenvalue weighted by Crippen LogP contribution is -2.22. The fourth-order valence-corrected chi connectivity index (χ4v) is 3.47. The smallest absolute Gasteiger partial charge is 0.123 e. The lowest BCUT2D eigenvalue weighted by Gasteiger charge is -2.17. The Kier molecular flexibility index (Phi) is 4.92. The lowest BCUT2D eigenvalue weighted by molar-refractivity contribution is 0.546. The van der Waals surface area contributed by atoms with Crippen molar-refractivity contribution < 1.29 is 4.39 Å². The third-order valence-electron chi connectivity index (χ3n) is 2.74. The van der Waals surface area contributed by atoms with E-state index in [-0.39, 0.29) is 11.9 Å². The molecule has 1 N–H and O–H groups in total. The van der Waals surface area contributed by atoms with Crippen LogP contribution in [0.15, 0.2) is 40.2 Å². The number of rotatable bonds is 5. The molecule has 96 valence electrons. The number of benzene rings is 1. The van der Waals surface area contributed by atoms with E-state index in [1.54, 1.807) is 23.5 Å². The summed E-state index contributed by atoms with van der Waals surface area (Å²) in [6.45, 7) is 2.93. The number of halogens is 2. The minimum atomic E-state index is -0.178. The van der Waals surface area contributed by atoms with Crippen molar-refractivity contribution >= 4 is 27.3 Å². The van der Waals surface area contributed by atoms with Gasteiger partial charge < -0.3 is 5.32 Å². The highest BCUT2D eigenvalue weighted by molar-refractivity contribution is 9.11. The van der Waals surface area contributed by atoms with Crippen LogP contribution in [-0.2, 0) is 6.42 Å². The van der Waals surface area contributed by atoms with Gasteiger partial charge in [-0.15, -0.1) is 11.3 Å². The first-order valence-electron chi connectivity index (χ1n) is 5.92. The van der Waals surface area contributed by atoms with Crippen LogP contribution in [0.1, 0.15) is 23.4 Å². The van der Waals surface area contributed by atoms with Gasteiger partial charge >= 0.3 is 0 Å². The SMILES string of the molecule is CCNC(Cc1ccc(Br)s1)c1cccc(F)c1. The minimum Gasteiger partial charge on any atom is -0.310 e. The van der Waals surface area contributed by atoms with Crippen LogP contribution in [0.4, 0.5) is 4.39 Å². The molecule has 0 aliphatic heterocycles. The lowest BCUT2D eigenvalue weighted by atomic mass is 10.0. The van der Waals surface area contributed by atoms with Crippen LogP contribution in [0.3, 0.4) is 0 Å². The summed E-state index contributed by atoms with van der Waals surface area (Å²) in [4.78, 5) is 1.29. The highest BCUT2D eigenvalue weighted by Gasteiger charge is 2.12. The molecule has 0 aliphatic rings. The molecule has 0 saturated carbocycles. The zero-order valence-electron chi connectivity index (χ0n) is 10.1. The van der Waals surface area contributed by atoms with Gasteiger partial charge in [-0.25, -0.2) is 4.39 Å². The Morgan fingerprint density at radius 1 is 1.33 bits per heavy atom. The first-order chi connectivity index (χ1) is 8.69. The second-order valence-corrected chi connectivity index (χ2v) is 6.62. The van der Waals surface area contributed by atoms with Crippen molar-refractivity contribution in [1.82, 2.24) is 5.32 Å². The summed E-state index contributed by atoms with van der Waals surface area (Å²) in [7, 11) is 0. The summed E-state index contributed by atoms with van der Waals surface area (Å²) in [5.74, 6) is -0.178. The molecular formula is C14H15BrFNS. The van der Waals surface area contributed by atoms with Gasteiger partial charge in [-0.1, -0.05) is 19.1 Å². The van der Waals surface area contributed by atoms with Crippen molar-refractivity contribution in [1.29, 1.82) is 0 Å². The number of thiophene rings is 1. The van der Waals surface area contributed by atoms with Gasteiger partial charge in [-0.3, -0.25) is 0 Å². The van der Waals surface area contributed by atoms with E-state index in [0.717, 1.165) is 22.3 Å². The van der Waals surface area contributed by atoms with Crippen LogP contribution in [0.5, 0.6) is 0 Å².